The molecule has 0 unspecified atom stereocenters. The summed E-state index contributed by atoms with van der Waals surface area (Å²) in [7, 11) is 1.81. The Morgan fingerprint density at radius 2 is 2.70 bits per heavy atom. The lowest BCUT2D eigenvalue weighted by Gasteiger charge is -2.15. The van der Waals surface area contributed by atoms with Gasteiger partial charge >= 0.3 is 0 Å². The predicted octanol–water partition coefficient (Wildman–Crippen LogP) is -0.478. The molecule has 0 saturated carbocycles. The Morgan fingerprint density at radius 1 is 1.90 bits per heavy atom. The second-order valence-corrected chi connectivity index (χ2v) is 2.35. The Bertz CT molecular complexity index is 125. The quantitative estimate of drug-likeness (QED) is 0.524. The Labute approximate surface area is 60.7 Å². The summed E-state index contributed by atoms with van der Waals surface area (Å²) in [4.78, 5) is 0. The molecule has 2 atom stereocenters. The third kappa shape index (κ3) is 1.80. The van der Waals surface area contributed by atoms with Crippen molar-refractivity contribution in [2.45, 2.75) is 12.2 Å². The van der Waals surface area contributed by atoms with Crippen molar-refractivity contribution in [3.8, 4) is 0 Å². The molecule has 0 aliphatic carbocycles. The molecule has 0 aromatic carbocycles. The molecule has 0 spiro atoms. The van der Waals surface area contributed by atoms with E-state index < -0.39 is 6.10 Å². The molecular weight excluding hydrogens is 130 g/mol. The van der Waals surface area contributed by atoms with E-state index in [1.807, 2.05) is 19.2 Å². The highest BCUT2D eigenvalue weighted by atomic mass is 16.5. The molecule has 0 aromatic heterocycles. The SMILES string of the molecule is CNC[C@H](O)[C@@H]1C=CCO1. The van der Waals surface area contributed by atoms with E-state index in [1.165, 1.54) is 0 Å². The molecule has 3 nitrogen and oxygen atoms in total. The van der Waals surface area contributed by atoms with Crippen molar-refractivity contribution in [2.24, 2.45) is 0 Å². The van der Waals surface area contributed by atoms with Gasteiger partial charge in [-0.25, -0.2) is 0 Å². The molecule has 1 aliphatic heterocycles. The second-order valence-electron chi connectivity index (χ2n) is 2.35. The van der Waals surface area contributed by atoms with Gasteiger partial charge in [0.2, 0.25) is 0 Å². The molecule has 0 fully saturated rings. The fourth-order valence-corrected chi connectivity index (χ4v) is 0.977. The highest BCUT2D eigenvalue weighted by Crippen LogP contribution is 2.06. The summed E-state index contributed by atoms with van der Waals surface area (Å²) in [5, 5.41) is 12.2. The largest absolute Gasteiger partial charge is 0.389 e. The van der Waals surface area contributed by atoms with Gasteiger partial charge in [0.1, 0.15) is 6.10 Å². The van der Waals surface area contributed by atoms with Crippen LogP contribution in [0.1, 0.15) is 0 Å². The first-order valence-corrected chi connectivity index (χ1v) is 3.45. The van der Waals surface area contributed by atoms with E-state index in [-0.39, 0.29) is 6.10 Å². The molecule has 1 rings (SSSR count). The van der Waals surface area contributed by atoms with Gasteiger partial charge in [0, 0.05) is 6.54 Å². The van der Waals surface area contributed by atoms with Crippen LogP contribution in [0, 0.1) is 0 Å². The molecule has 0 bridgehead atoms. The average molecular weight is 143 g/mol. The zero-order valence-electron chi connectivity index (χ0n) is 6.08. The van der Waals surface area contributed by atoms with E-state index in [0.717, 1.165) is 0 Å². The molecule has 0 radical (unpaired) electrons. The van der Waals surface area contributed by atoms with Crippen molar-refractivity contribution in [1.29, 1.82) is 0 Å². The first kappa shape index (κ1) is 7.72. The van der Waals surface area contributed by atoms with Gasteiger partial charge in [0.25, 0.3) is 0 Å². The maximum absolute atomic E-state index is 9.31. The van der Waals surface area contributed by atoms with E-state index in [1.54, 1.807) is 0 Å². The van der Waals surface area contributed by atoms with Crippen LogP contribution in [0.3, 0.4) is 0 Å². The normalized spacial score (nSPS) is 27.2. The van der Waals surface area contributed by atoms with Crippen LogP contribution in [0.25, 0.3) is 0 Å². The summed E-state index contributed by atoms with van der Waals surface area (Å²) >= 11 is 0. The summed E-state index contributed by atoms with van der Waals surface area (Å²) in [5.74, 6) is 0. The first-order valence-electron chi connectivity index (χ1n) is 3.45. The van der Waals surface area contributed by atoms with Crippen molar-refractivity contribution in [3.05, 3.63) is 12.2 Å². The molecule has 2 N–H and O–H groups in total. The topological polar surface area (TPSA) is 41.5 Å². The third-order valence-corrected chi connectivity index (χ3v) is 1.50. The molecule has 0 saturated heterocycles. The van der Waals surface area contributed by atoms with Crippen molar-refractivity contribution >= 4 is 0 Å². The minimum absolute atomic E-state index is 0.104. The number of hydrogen-bond acceptors (Lipinski definition) is 3. The van der Waals surface area contributed by atoms with Crippen molar-refractivity contribution in [3.63, 3.8) is 0 Å². The Hall–Kier alpha value is -0.380. The van der Waals surface area contributed by atoms with E-state index in [0.29, 0.717) is 13.2 Å². The smallest absolute Gasteiger partial charge is 0.103 e. The van der Waals surface area contributed by atoms with Crippen LogP contribution in [0.2, 0.25) is 0 Å². The summed E-state index contributed by atoms with van der Waals surface area (Å²) < 4.78 is 5.17. The molecule has 0 amide bonds. The maximum atomic E-state index is 9.31. The van der Waals surface area contributed by atoms with Crippen LogP contribution >= 0.6 is 0 Å². The van der Waals surface area contributed by atoms with Crippen molar-refractivity contribution in [2.75, 3.05) is 20.2 Å². The highest BCUT2D eigenvalue weighted by Gasteiger charge is 2.18. The van der Waals surface area contributed by atoms with Crippen LogP contribution in [0.4, 0.5) is 0 Å². The van der Waals surface area contributed by atoms with E-state index in [4.69, 9.17) is 4.74 Å². The number of nitrogens with one attached hydrogen (secondary N) is 1. The molecule has 0 aromatic rings. The lowest BCUT2D eigenvalue weighted by Crippen LogP contribution is -2.33. The fraction of sp³-hybridized carbons (Fsp3) is 0.714. The summed E-state index contributed by atoms with van der Waals surface area (Å²) in [6.45, 7) is 1.21. The highest BCUT2D eigenvalue weighted by molar-refractivity contribution is 4.99. The number of hydrogen-bond donors (Lipinski definition) is 2. The molecule has 1 aliphatic rings. The third-order valence-electron chi connectivity index (χ3n) is 1.50. The van der Waals surface area contributed by atoms with Gasteiger partial charge in [-0.2, -0.15) is 0 Å². The summed E-state index contributed by atoms with van der Waals surface area (Å²) in [6, 6.07) is 0. The number of ether oxygens (including phenoxy) is 1. The van der Waals surface area contributed by atoms with Crippen LogP contribution < -0.4 is 5.32 Å². The summed E-state index contributed by atoms with van der Waals surface area (Å²) in [5.41, 5.74) is 0. The molecule has 58 valence electrons. The Balaban J connectivity index is 2.26. The Morgan fingerprint density at radius 3 is 3.20 bits per heavy atom. The van der Waals surface area contributed by atoms with Crippen molar-refractivity contribution in [1.82, 2.24) is 5.32 Å². The number of aliphatic hydroxyl groups excluding tert-OH is 1. The standard InChI is InChI=1S/C7H13NO2/c1-8-5-6(9)7-3-2-4-10-7/h2-3,6-9H,4-5H2,1H3/t6-,7-/m0/s1. The van der Waals surface area contributed by atoms with Gasteiger partial charge in [0.05, 0.1) is 12.7 Å². The fourth-order valence-electron chi connectivity index (χ4n) is 0.977. The van der Waals surface area contributed by atoms with E-state index in [2.05, 4.69) is 5.32 Å². The van der Waals surface area contributed by atoms with Gasteiger partial charge in [-0.15, -0.1) is 0 Å². The number of likely N-dealkylation sites (N-methyl/N-ethyl adjacent to an activating group) is 1. The monoisotopic (exact) mass is 143 g/mol. The molecular formula is C7H13NO2. The first-order chi connectivity index (χ1) is 4.84. The lowest BCUT2D eigenvalue weighted by molar-refractivity contribution is 0.0151. The minimum Gasteiger partial charge on any atom is -0.389 e. The van der Waals surface area contributed by atoms with E-state index in [9.17, 15) is 5.11 Å². The van der Waals surface area contributed by atoms with Crippen LogP contribution in [-0.2, 0) is 4.74 Å². The molecule has 10 heavy (non-hydrogen) atoms. The second kappa shape index (κ2) is 3.71. The van der Waals surface area contributed by atoms with Gasteiger partial charge < -0.3 is 15.2 Å². The number of aliphatic hydroxyl groups is 1. The maximum Gasteiger partial charge on any atom is 0.103 e. The minimum atomic E-state index is -0.413. The van der Waals surface area contributed by atoms with Crippen LogP contribution in [-0.4, -0.2) is 37.5 Å². The summed E-state index contributed by atoms with van der Waals surface area (Å²) in [6.07, 6.45) is 3.29. The molecule has 3 heteroatoms. The predicted molar refractivity (Wildman–Crippen MR) is 38.8 cm³/mol. The molecule has 1 heterocycles. The van der Waals surface area contributed by atoms with Crippen molar-refractivity contribution < 1.29 is 9.84 Å². The van der Waals surface area contributed by atoms with Crippen LogP contribution in [0.5, 0.6) is 0 Å². The number of rotatable bonds is 3. The Kier molecular flexibility index (Phi) is 2.86. The zero-order valence-corrected chi connectivity index (χ0v) is 6.08. The van der Waals surface area contributed by atoms with E-state index >= 15 is 0 Å². The van der Waals surface area contributed by atoms with Gasteiger partial charge in [-0.1, -0.05) is 12.2 Å². The van der Waals surface area contributed by atoms with Gasteiger partial charge in [-0.3, -0.25) is 0 Å². The van der Waals surface area contributed by atoms with Crippen LogP contribution in [0.15, 0.2) is 12.2 Å². The van der Waals surface area contributed by atoms with Gasteiger partial charge in [0.15, 0.2) is 0 Å². The lowest BCUT2D eigenvalue weighted by atomic mass is 10.2. The zero-order chi connectivity index (χ0) is 7.40. The van der Waals surface area contributed by atoms with Gasteiger partial charge in [-0.05, 0) is 7.05 Å². The average Bonchev–Trinajstić information content (AvgIpc) is 2.38.